The van der Waals surface area contributed by atoms with Crippen LogP contribution >= 0.6 is 0 Å². The summed E-state index contributed by atoms with van der Waals surface area (Å²) in [5.74, 6) is 0. The summed E-state index contributed by atoms with van der Waals surface area (Å²) in [5, 5.41) is 0. The molecule has 2 nitrogen and oxygen atoms in total. The second-order valence-corrected chi connectivity index (χ2v) is 4.65. The molecule has 0 saturated heterocycles. The number of anilines is 2. The van der Waals surface area contributed by atoms with Gasteiger partial charge >= 0.3 is 0 Å². The molecule has 0 aliphatic heterocycles. The number of nitrogens with zero attached hydrogens (tertiary/aromatic N) is 1. The van der Waals surface area contributed by atoms with E-state index in [0.717, 1.165) is 5.56 Å². The standard InChI is InChI=1S/C16H20N2/c1-12-5-4-6-16(13(12)2)18(3)15-9-7-14(11-17)8-10-15/h4-10H,11,17H2,1-3H3. The van der Waals surface area contributed by atoms with Crippen molar-refractivity contribution >= 4 is 11.4 Å². The maximum Gasteiger partial charge on any atom is 0.0440 e. The van der Waals surface area contributed by atoms with E-state index in [1.165, 1.54) is 22.5 Å². The molecule has 0 aliphatic rings. The largest absolute Gasteiger partial charge is 0.344 e. The number of benzene rings is 2. The molecule has 2 N–H and O–H groups in total. The van der Waals surface area contributed by atoms with Gasteiger partial charge in [0.2, 0.25) is 0 Å². The van der Waals surface area contributed by atoms with E-state index in [9.17, 15) is 0 Å². The molecule has 2 rings (SSSR count). The van der Waals surface area contributed by atoms with Gasteiger partial charge in [0, 0.05) is 25.0 Å². The molecule has 0 bridgehead atoms. The van der Waals surface area contributed by atoms with Crippen LogP contribution in [-0.4, -0.2) is 7.05 Å². The van der Waals surface area contributed by atoms with E-state index in [2.05, 4.69) is 68.3 Å². The van der Waals surface area contributed by atoms with Gasteiger partial charge in [0.25, 0.3) is 0 Å². The first-order valence-corrected chi connectivity index (χ1v) is 6.22. The molecular formula is C16H20N2. The molecule has 18 heavy (non-hydrogen) atoms. The lowest BCUT2D eigenvalue weighted by Crippen LogP contribution is -2.11. The second kappa shape index (κ2) is 5.23. The fourth-order valence-electron chi connectivity index (χ4n) is 2.09. The van der Waals surface area contributed by atoms with E-state index < -0.39 is 0 Å². The molecular weight excluding hydrogens is 220 g/mol. The predicted molar refractivity (Wildman–Crippen MR) is 78.3 cm³/mol. The first-order chi connectivity index (χ1) is 8.63. The monoisotopic (exact) mass is 240 g/mol. The minimum absolute atomic E-state index is 0.591. The molecule has 0 atom stereocenters. The van der Waals surface area contributed by atoms with Crippen molar-refractivity contribution in [3.8, 4) is 0 Å². The Hall–Kier alpha value is -1.80. The molecule has 94 valence electrons. The molecule has 2 heteroatoms. The van der Waals surface area contributed by atoms with Crippen LogP contribution in [0.25, 0.3) is 0 Å². The van der Waals surface area contributed by atoms with Gasteiger partial charge in [-0.05, 0) is 48.7 Å². The van der Waals surface area contributed by atoms with E-state index in [4.69, 9.17) is 5.73 Å². The lowest BCUT2D eigenvalue weighted by atomic mass is 10.1. The van der Waals surface area contributed by atoms with Crippen LogP contribution < -0.4 is 10.6 Å². The highest BCUT2D eigenvalue weighted by atomic mass is 15.1. The fraction of sp³-hybridized carbons (Fsp3) is 0.250. The Morgan fingerprint density at radius 3 is 2.28 bits per heavy atom. The van der Waals surface area contributed by atoms with E-state index in [1.54, 1.807) is 0 Å². The average molecular weight is 240 g/mol. The fourth-order valence-corrected chi connectivity index (χ4v) is 2.09. The van der Waals surface area contributed by atoms with Gasteiger partial charge in [-0.1, -0.05) is 24.3 Å². The molecule has 0 amide bonds. The van der Waals surface area contributed by atoms with Crippen LogP contribution in [0.2, 0.25) is 0 Å². The smallest absolute Gasteiger partial charge is 0.0440 e. The number of aryl methyl sites for hydroxylation is 1. The van der Waals surface area contributed by atoms with Gasteiger partial charge < -0.3 is 10.6 Å². The van der Waals surface area contributed by atoms with Crippen LogP contribution in [0, 0.1) is 13.8 Å². The summed E-state index contributed by atoms with van der Waals surface area (Å²) in [7, 11) is 2.10. The maximum atomic E-state index is 5.62. The van der Waals surface area contributed by atoms with Gasteiger partial charge in [-0.3, -0.25) is 0 Å². The topological polar surface area (TPSA) is 29.3 Å². The van der Waals surface area contributed by atoms with E-state index in [1.807, 2.05) is 0 Å². The van der Waals surface area contributed by atoms with Crippen LogP contribution in [0.15, 0.2) is 42.5 Å². The zero-order valence-corrected chi connectivity index (χ0v) is 11.3. The van der Waals surface area contributed by atoms with Gasteiger partial charge in [0.05, 0.1) is 0 Å². The molecule has 0 spiro atoms. The SMILES string of the molecule is Cc1cccc(N(C)c2ccc(CN)cc2)c1C. The Morgan fingerprint density at radius 1 is 1.00 bits per heavy atom. The molecule has 0 saturated carbocycles. The highest BCUT2D eigenvalue weighted by molar-refractivity contribution is 5.66. The van der Waals surface area contributed by atoms with Crippen molar-refractivity contribution in [3.63, 3.8) is 0 Å². The van der Waals surface area contributed by atoms with Gasteiger partial charge in [-0.25, -0.2) is 0 Å². The van der Waals surface area contributed by atoms with Crippen molar-refractivity contribution < 1.29 is 0 Å². The van der Waals surface area contributed by atoms with Crippen molar-refractivity contribution in [2.75, 3.05) is 11.9 Å². The molecule has 0 heterocycles. The summed E-state index contributed by atoms with van der Waals surface area (Å²) in [6.45, 7) is 4.90. The van der Waals surface area contributed by atoms with Crippen LogP contribution in [-0.2, 0) is 6.54 Å². The van der Waals surface area contributed by atoms with Crippen molar-refractivity contribution in [2.45, 2.75) is 20.4 Å². The number of rotatable bonds is 3. The molecule has 0 aromatic heterocycles. The Morgan fingerprint density at radius 2 is 1.67 bits per heavy atom. The molecule has 0 aliphatic carbocycles. The van der Waals surface area contributed by atoms with E-state index in [0.29, 0.717) is 6.54 Å². The van der Waals surface area contributed by atoms with Gasteiger partial charge in [-0.15, -0.1) is 0 Å². The highest BCUT2D eigenvalue weighted by Crippen LogP contribution is 2.28. The third kappa shape index (κ3) is 2.39. The molecule has 0 radical (unpaired) electrons. The van der Waals surface area contributed by atoms with Gasteiger partial charge in [0.15, 0.2) is 0 Å². The second-order valence-electron chi connectivity index (χ2n) is 4.65. The van der Waals surface area contributed by atoms with Crippen molar-refractivity contribution in [1.29, 1.82) is 0 Å². The minimum Gasteiger partial charge on any atom is -0.344 e. The molecule has 2 aromatic carbocycles. The quantitative estimate of drug-likeness (QED) is 0.889. The number of hydrogen-bond acceptors (Lipinski definition) is 2. The maximum absolute atomic E-state index is 5.62. The van der Waals surface area contributed by atoms with E-state index in [-0.39, 0.29) is 0 Å². The third-order valence-electron chi connectivity index (χ3n) is 3.50. The summed E-state index contributed by atoms with van der Waals surface area (Å²) in [5.41, 5.74) is 11.8. The molecule has 0 fully saturated rings. The first kappa shape index (κ1) is 12.7. The summed E-state index contributed by atoms with van der Waals surface area (Å²) in [6.07, 6.45) is 0. The predicted octanol–water partition coefficient (Wildman–Crippen LogP) is 3.53. The van der Waals surface area contributed by atoms with Crippen molar-refractivity contribution in [2.24, 2.45) is 5.73 Å². The molecule has 2 aromatic rings. The normalized spacial score (nSPS) is 10.4. The van der Waals surface area contributed by atoms with Crippen molar-refractivity contribution in [1.82, 2.24) is 0 Å². The summed E-state index contributed by atoms with van der Waals surface area (Å²) in [4.78, 5) is 2.21. The highest BCUT2D eigenvalue weighted by Gasteiger charge is 2.07. The van der Waals surface area contributed by atoms with E-state index >= 15 is 0 Å². The Balaban J connectivity index is 2.35. The van der Waals surface area contributed by atoms with Crippen LogP contribution in [0.5, 0.6) is 0 Å². The van der Waals surface area contributed by atoms with Crippen LogP contribution in [0.3, 0.4) is 0 Å². The summed E-state index contributed by atoms with van der Waals surface area (Å²) >= 11 is 0. The molecule has 0 unspecified atom stereocenters. The summed E-state index contributed by atoms with van der Waals surface area (Å²) < 4.78 is 0. The average Bonchev–Trinajstić information content (AvgIpc) is 2.41. The number of hydrogen-bond donors (Lipinski definition) is 1. The summed E-state index contributed by atoms with van der Waals surface area (Å²) in [6, 6.07) is 14.8. The minimum atomic E-state index is 0.591. The Bertz CT molecular complexity index is 529. The van der Waals surface area contributed by atoms with Crippen LogP contribution in [0.1, 0.15) is 16.7 Å². The van der Waals surface area contributed by atoms with Crippen LogP contribution in [0.4, 0.5) is 11.4 Å². The lowest BCUT2D eigenvalue weighted by molar-refractivity contribution is 1.07. The van der Waals surface area contributed by atoms with Gasteiger partial charge in [-0.2, -0.15) is 0 Å². The third-order valence-corrected chi connectivity index (χ3v) is 3.50. The van der Waals surface area contributed by atoms with Crippen molar-refractivity contribution in [3.05, 3.63) is 59.2 Å². The number of nitrogens with two attached hydrogens (primary N) is 1. The Kier molecular flexibility index (Phi) is 3.68. The zero-order valence-electron chi connectivity index (χ0n) is 11.3. The van der Waals surface area contributed by atoms with Gasteiger partial charge in [0.1, 0.15) is 0 Å². The Labute approximate surface area is 109 Å². The zero-order chi connectivity index (χ0) is 13.1. The first-order valence-electron chi connectivity index (χ1n) is 6.22. The lowest BCUT2D eigenvalue weighted by Gasteiger charge is -2.22.